The molecule has 6 nitrogen and oxygen atoms in total. The third kappa shape index (κ3) is 5.99. The average molecular weight is 542 g/mol. The van der Waals surface area contributed by atoms with Crippen LogP contribution in [0.4, 0.5) is 29.1 Å². The standard InChI is InChI=1S/C29H31F4N5O/c30-26-24(14-7-19-5-12-23(13-6-19)37-15-1-3-21(17-37)27(34)39)35-18-36-28(26)38-16-2-4-25(38)20-8-10-22(11-9-20)29(31,32)33/h5-6,8-13,18,21,25H,1-4,7,14-17H2,(H2,34,39). The van der Waals surface area contributed by atoms with E-state index in [4.69, 9.17) is 5.73 Å². The van der Waals surface area contributed by atoms with Crippen LogP contribution in [0.1, 0.15) is 54.1 Å². The van der Waals surface area contributed by atoms with Crippen LogP contribution in [0.25, 0.3) is 0 Å². The zero-order valence-corrected chi connectivity index (χ0v) is 21.5. The Balaban J connectivity index is 1.25. The minimum absolute atomic E-state index is 0.136. The van der Waals surface area contributed by atoms with Crippen LogP contribution in [0.2, 0.25) is 0 Å². The van der Waals surface area contributed by atoms with Gasteiger partial charge >= 0.3 is 6.18 Å². The molecule has 0 spiro atoms. The summed E-state index contributed by atoms with van der Waals surface area (Å²) in [5.41, 5.74) is 7.87. The van der Waals surface area contributed by atoms with E-state index in [1.54, 1.807) is 0 Å². The number of hydrogen-bond acceptors (Lipinski definition) is 5. The molecule has 2 aromatic carbocycles. The highest BCUT2D eigenvalue weighted by atomic mass is 19.4. The average Bonchev–Trinajstić information content (AvgIpc) is 3.42. The maximum absolute atomic E-state index is 15.6. The zero-order chi connectivity index (χ0) is 27.6. The molecule has 3 heterocycles. The van der Waals surface area contributed by atoms with Gasteiger partial charge in [0.15, 0.2) is 11.6 Å². The van der Waals surface area contributed by atoms with E-state index in [0.717, 1.165) is 49.2 Å². The Hall–Kier alpha value is -3.69. The van der Waals surface area contributed by atoms with Crippen molar-refractivity contribution >= 4 is 17.4 Å². The number of nitrogens with zero attached hydrogens (tertiary/aromatic N) is 4. The molecule has 2 aliphatic rings. The maximum atomic E-state index is 15.6. The molecule has 2 aliphatic heterocycles. The summed E-state index contributed by atoms with van der Waals surface area (Å²) in [6.45, 7) is 2.06. The second-order valence-electron chi connectivity index (χ2n) is 10.3. The number of piperidine rings is 1. The summed E-state index contributed by atoms with van der Waals surface area (Å²) in [5.74, 6) is -0.699. The van der Waals surface area contributed by atoms with Crippen LogP contribution in [0.15, 0.2) is 54.9 Å². The predicted octanol–water partition coefficient (Wildman–Crippen LogP) is 5.46. The van der Waals surface area contributed by atoms with Gasteiger partial charge in [0.1, 0.15) is 6.33 Å². The van der Waals surface area contributed by atoms with E-state index in [9.17, 15) is 18.0 Å². The molecule has 2 unspecified atom stereocenters. The topological polar surface area (TPSA) is 75.4 Å². The van der Waals surface area contributed by atoms with Crippen molar-refractivity contribution in [2.24, 2.45) is 11.7 Å². The number of carbonyl (C=O) groups is 1. The van der Waals surface area contributed by atoms with Gasteiger partial charge in [-0.1, -0.05) is 24.3 Å². The van der Waals surface area contributed by atoms with Gasteiger partial charge in [-0.05, 0) is 73.9 Å². The van der Waals surface area contributed by atoms with Crippen molar-refractivity contribution in [1.29, 1.82) is 0 Å². The summed E-state index contributed by atoms with van der Waals surface area (Å²) in [6, 6.07) is 12.9. The first-order valence-corrected chi connectivity index (χ1v) is 13.3. The Morgan fingerprint density at radius 2 is 1.67 bits per heavy atom. The number of anilines is 2. The lowest BCUT2D eigenvalue weighted by Gasteiger charge is -2.33. The minimum atomic E-state index is -4.40. The van der Waals surface area contributed by atoms with Gasteiger partial charge in [0.05, 0.1) is 23.2 Å². The number of nitrogens with two attached hydrogens (primary N) is 1. The van der Waals surface area contributed by atoms with Crippen LogP contribution in [-0.2, 0) is 23.8 Å². The van der Waals surface area contributed by atoms with E-state index in [-0.39, 0.29) is 23.7 Å². The number of benzene rings is 2. The number of rotatable bonds is 7. The van der Waals surface area contributed by atoms with Crippen LogP contribution in [0, 0.1) is 11.7 Å². The van der Waals surface area contributed by atoms with Gasteiger partial charge in [-0.2, -0.15) is 13.2 Å². The summed E-state index contributed by atoms with van der Waals surface area (Å²) >= 11 is 0. The molecule has 3 aromatic rings. The molecule has 2 fully saturated rings. The summed E-state index contributed by atoms with van der Waals surface area (Å²) in [6.07, 6.45) is 1.14. The van der Waals surface area contributed by atoms with Gasteiger partial charge in [-0.3, -0.25) is 4.79 Å². The molecule has 0 saturated carbocycles. The van der Waals surface area contributed by atoms with Crippen LogP contribution >= 0.6 is 0 Å². The molecule has 10 heteroatoms. The lowest BCUT2D eigenvalue weighted by molar-refractivity contribution is -0.137. The third-order valence-electron chi connectivity index (χ3n) is 7.77. The van der Waals surface area contributed by atoms with E-state index < -0.39 is 17.6 Å². The number of primary amides is 1. The van der Waals surface area contributed by atoms with Gasteiger partial charge in [-0.15, -0.1) is 0 Å². The summed E-state index contributed by atoms with van der Waals surface area (Å²) in [5, 5.41) is 0. The van der Waals surface area contributed by atoms with Crippen LogP contribution < -0.4 is 15.5 Å². The smallest absolute Gasteiger partial charge is 0.371 e. The second kappa shape index (κ2) is 11.2. The number of carbonyl (C=O) groups excluding carboxylic acids is 1. The van der Waals surface area contributed by atoms with Crippen molar-refractivity contribution in [2.45, 2.75) is 50.7 Å². The largest absolute Gasteiger partial charge is 0.416 e. The monoisotopic (exact) mass is 541 g/mol. The van der Waals surface area contributed by atoms with Crippen LogP contribution in [0.3, 0.4) is 0 Å². The van der Waals surface area contributed by atoms with Crippen molar-refractivity contribution in [1.82, 2.24) is 9.97 Å². The van der Waals surface area contributed by atoms with Crippen LogP contribution in [0.5, 0.6) is 0 Å². The molecule has 2 N–H and O–H groups in total. The summed E-state index contributed by atoms with van der Waals surface area (Å²) in [4.78, 5) is 24.0. The highest BCUT2D eigenvalue weighted by Gasteiger charge is 2.33. The highest BCUT2D eigenvalue weighted by molar-refractivity contribution is 5.77. The Morgan fingerprint density at radius 3 is 2.36 bits per heavy atom. The van der Waals surface area contributed by atoms with E-state index in [0.29, 0.717) is 43.6 Å². The molecule has 2 saturated heterocycles. The van der Waals surface area contributed by atoms with Crippen LogP contribution in [-0.4, -0.2) is 35.5 Å². The number of aryl methyl sites for hydroxylation is 2. The van der Waals surface area contributed by atoms with E-state index >= 15 is 4.39 Å². The molecule has 0 bridgehead atoms. The molecule has 1 amide bonds. The second-order valence-corrected chi connectivity index (χ2v) is 10.3. The summed E-state index contributed by atoms with van der Waals surface area (Å²) < 4.78 is 54.5. The van der Waals surface area contributed by atoms with Gasteiger partial charge in [-0.25, -0.2) is 14.4 Å². The first-order valence-electron chi connectivity index (χ1n) is 13.3. The lowest BCUT2D eigenvalue weighted by atomic mass is 9.97. The van der Waals surface area contributed by atoms with Gasteiger partial charge in [0.2, 0.25) is 5.91 Å². The first-order chi connectivity index (χ1) is 18.7. The number of alkyl halides is 3. The Bertz CT molecular complexity index is 1300. The summed E-state index contributed by atoms with van der Waals surface area (Å²) in [7, 11) is 0. The lowest BCUT2D eigenvalue weighted by Crippen LogP contribution is -2.41. The van der Waals surface area contributed by atoms with Crippen molar-refractivity contribution in [3.8, 4) is 0 Å². The molecule has 206 valence electrons. The number of hydrogen-bond donors (Lipinski definition) is 1. The fourth-order valence-corrected chi connectivity index (χ4v) is 5.61. The Kier molecular flexibility index (Phi) is 7.72. The highest BCUT2D eigenvalue weighted by Crippen LogP contribution is 2.38. The Morgan fingerprint density at radius 1 is 0.949 bits per heavy atom. The number of aromatic nitrogens is 2. The first kappa shape index (κ1) is 26.9. The quantitative estimate of drug-likeness (QED) is 0.402. The molecule has 0 radical (unpaired) electrons. The molecule has 2 atom stereocenters. The van der Waals surface area contributed by atoms with E-state index in [1.165, 1.54) is 18.5 Å². The zero-order valence-electron chi connectivity index (χ0n) is 21.5. The predicted molar refractivity (Wildman–Crippen MR) is 141 cm³/mol. The molecule has 0 aliphatic carbocycles. The Labute approximate surface area is 224 Å². The molecule has 5 rings (SSSR count). The van der Waals surface area contributed by atoms with E-state index in [2.05, 4.69) is 14.9 Å². The molecule has 39 heavy (non-hydrogen) atoms. The van der Waals surface area contributed by atoms with Crippen molar-refractivity contribution in [2.75, 3.05) is 29.4 Å². The van der Waals surface area contributed by atoms with Crippen molar-refractivity contribution < 1.29 is 22.4 Å². The fraction of sp³-hybridized carbons (Fsp3) is 0.414. The van der Waals surface area contributed by atoms with Gasteiger partial charge in [0.25, 0.3) is 0 Å². The van der Waals surface area contributed by atoms with Gasteiger partial charge < -0.3 is 15.5 Å². The fourth-order valence-electron chi connectivity index (χ4n) is 5.61. The SMILES string of the molecule is NC(=O)C1CCCN(c2ccc(CCc3ncnc(N4CCCC4c4ccc(C(F)(F)F)cc4)c3F)cc2)C1. The molecular formula is C29H31F4N5O. The molecule has 1 aromatic heterocycles. The number of amides is 1. The molecular weight excluding hydrogens is 510 g/mol. The minimum Gasteiger partial charge on any atom is -0.371 e. The maximum Gasteiger partial charge on any atom is 0.416 e. The van der Waals surface area contributed by atoms with Crippen molar-refractivity contribution in [3.05, 3.63) is 83.1 Å². The van der Waals surface area contributed by atoms with Crippen molar-refractivity contribution in [3.63, 3.8) is 0 Å². The van der Waals surface area contributed by atoms with E-state index in [1.807, 2.05) is 29.2 Å². The number of halogens is 4. The van der Waals surface area contributed by atoms with Gasteiger partial charge in [0, 0.05) is 25.3 Å². The third-order valence-corrected chi connectivity index (χ3v) is 7.77. The normalized spacial score (nSPS) is 19.9.